The smallest absolute Gasteiger partial charge is 0.303 e. The molecule has 0 unspecified atom stereocenters. The Hall–Kier alpha value is -1.03. The van der Waals surface area contributed by atoms with Gasteiger partial charge < -0.3 is 9.84 Å². The summed E-state index contributed by atoms with van der Waals surface area (Å²) in [6.45, 7) is 2.52. The molecule has 0 saturated heterocycles. The summed E-state index contributed by atoms with van der Waals surface area (Å²) in [6, 6.07) is 5.65. The van der Waals surface area contributed by atoms with E-state index < -0.39 is 5.97 Å². The molecule has 3 nitrogen and oxygen atoms in total. The number of aryl methyl sites for hydroxylation is 1. The summed E-state index contributed by atoms with van der Waals surface area (Å²) in [5.74, 6) is -0.0137. The number of benzene rings is 1. The second-order valence-electron chi connectivity index (χ2n) is 3.12. The zero-order valence-electron chi connectivity index (χ0n) is 8.50. The topological polar surface area (TPSA) is 46.5 Å². The van der Waals surface area contributed by atoms with Gasteiger partial charge in [-0.25, -0.2) is 0 Å². The van der Waals surface area contributed by atoms with E-state index in [2.05, 4.69) is 15.9 Å². The first kappa shape index (κ1) is 12.0. The number of hydrogen-bond acceptors (Lipinski definition) is 2. The maximum Gasteiger partial charge on any atom is 0.303 e. The summed E-state index contributed by atoms with van der Waals surface area (Å²) in [7, 11) is 0. The Morgan fingerprint density at radius 2 is 2.20 bits per heavy atom. The van der Waals surface area contributed by atoms with E-state index in [9.17, 15) is 4.79 Å². The fourth-order valence-electron chi connectivity index (χ4n) is 1.27. The van der Waals surface area contributed by atoms with Crippen molar-refractivity contribution in [3.8, 4) is 5.75 Å². The molecule has 0 aliphatic rings. The minimum absolute atomic E-state index is 0.141. The molecule has 0 heterocycles. The number of halogens is 1. The summed E-state index contributed by atoms with van der Waals surface area (Å²) in [5, 5.41) is 8.57. The third kappa shape index (κ3) is 4.34. The van der Waals surface area contributed by atoms with Gasteiger partial charge in [0.15, 0.2) is 0 Å². The monoisotopic (exact) mass is 272 g/mol. The van der Waals surface area contributed by atoms with E-state index in [1.54, 1.807) is 0 Å². The standard InChI is InChI=1S/C11H13BrO3/c1-2-15-10-6-8(3-4-11(13)14)5-9(12)7-10/h5-7H,2-4H2,1H3,(H,13,14). The number of hydrogen-bond donors (Lipinski definition) is 1. The Balaban J connectivity index is 2.74. The maximum absolute atomic E-state index is 10.4. The van der Waals surface area contributed by atoms with Crippen molar-refractivity contribution in [2.24, 2.45) is 0 Å². The fourth-order valence-corrected chi connectivity index (χ4v) is 1.79. The van der Waals surface area contributed by atoms with Crippen molar-refractivity contribution in [2.45, 2.75) is 19.8 Å². The quantitative estimate of drug-likeness (QED) is 0.897. The minimum atomic E-state index is -0.784. The average molecular weight is 273 g/mol. The molecule has 0 atom stereocenters. The molecule has 0 bridgehead atoms. The van der Waals surface area contributed by atoms with E-state index in [0.717, 1.165) is 15.8 Å². The molecule has 1 rings (SSSR count). The number of rotatable bonds is 5. The molecule has 1 aromatic rings. The molecular weight excluding hydrogens is 260 g/mol. The van der Waals surface area contributed by atoms with Crippen LogP contribution in [0.1, 0.15) is 18.9 Å². The predicted octanol–water partition coefficient (Wildman–Crippen LogP) is 2.87. The minimum Gasteiger partial charge on any atom is -0.494 e. The second-order valence-corrected chi connectivity index (χ2v) is 4.04. The number of carbonyl (C=O) groups is 1. The molecule has 0 saturated carbocycles. The zero-order chi connectivity index (χ0) is 11.3. The van der Waals surface area contributed by atoms with Gasteiger partial charge in [-0.05, 0) is 37.1 Å². The van der Waals surface area contributed by atoms with Crippen LogP contribution in [0.4, 0.5) is 0 Å². The Labute approximate surface area is 97.2 Å². The Morgan fingerprint density at radius 1 is 1.47 bits per heavy atom. The van der Waals surface area contributed by atoms with Crippen LogP contribution in [0.5, 0.6) is 5.75 Å². The maximum atomic E-state index is 10.4. The Bertz CT molecular complexity index is 350. The van der Waals surface area contributed by atoms with Gasteiger partial charge in [0.1, 0.15) is 5.75 Å². The molecule has 0 amide bonds. The molecule has 0 spiro atoms. The normalized spacial score (nSPS) is 10.0. The first-order chi connectivity index (χ1) is 7.11. The lowest BCUT2D eigenvalue weighted by Crippen LogP contribution is -1.98. The van der Waals surface area contributed by atoms with E-state index in [1.165, 1.54) is 0 Å². The van der Waals surface area contributed by atoms with Crippen molar-refractivity contribution >= 4 is 21.9 Å². The van der Waals surface area contributed by atoms with Crippen LogP contribution in [-0.4, -0.2) is 17.7 Å². The van der Waals surface area contributed by atoms with Gasteiger partial charge in [-0.1, -0.05) is 15.9 Å². The van der Waals surface area contributed by atoms with Crippen LogP contribution in [0.25, 0.3) is 0 Å². The van der Waals surface area contributed by atoms with Crippen LogP contribution in [0, 0.1) is 0 Å². The highest BCUT2D eigenvalue weighted by atomic mass is 79.9. The SMILES string of the molecule is CCOc1cc(Br)cc(CCC(=O)O)c1. The van der Waals surface area contributed by atoms with Gasteiger partial charge in [0.05, 0.1) is 6.61 Å². The highest BCUT2D eigenvalue weighted by Crippen LogP contribution is 2.22. The molecule has 15 heavy (non-hydrogen) atoms. The largest absolute Gasteiger partial charge is 0.494 e. The molecule has 82 valence electrons. The van der Waals surface area contributed by atoms with Gasteiger partial charge >= 0.3 is 5.97 Å². The molecule has 0 aliphatic carbocycles. The summed E-state index contributed by atoms with van der Waals surface area (Å²) in [4.78, 5) is 10.4. The van der Waals surface area contributed by atoms with Crippen molar-refractivity contribution in [1.82, 2.24) is 0 Å². The molecule has 1 N–H and O–H groups in total. The molecule has 0 fully saturated rings. The van der Waals surface area contributed by atoms with Crippen molar-refractivity contribution < 1.29 is 14.6 Å². The van der Waals surface area contributed by atoms with Crippen molar-refractivity contribution in [1.29, 1.82) is 0 Å². The third-order valence-electron chi connectivity index (χ3n) is 1.87. The van der Waals surface area contributed by atoms with Crippen LogP contribution in [0.2, 0.25) is 0 Å². The van der Waals surface area contributed by atoms with Crippen molar-refractivity contribution in [3.05, 3.63) is 28.2 Å². The highest BCUT2D eigenvalue weighted by Gasteiger charge is 2.03. The number of aliphatic carboxylic acids is 1. The van der Waals surface area contributed by atoms with Gasteiger partial charge in [0.25, 0.3) is 0 Å². The lowest BCUT2D eigenvalue weighted by Gasteiger charge is -2.06. The second kappa shape index (κ2) is 5.75. The summed E-state index contributed by atoms with van der Waals surface area (Å²) in [5.41, 5.74) is 0.968. The van der Waals surface area contributed by atoms with E-state index in [4.69, 9.17) is 9.84 Å². The number of carboxylic acids is 1. The first-order valence-electron chi connectivity index (χ1n) is 4.76. The molecule has 0 aliphatic heterocycles. The number of ether oxygens (including phenoxy) is 1. The van der Waals surface area contributed by atoms with Gasteiger partial charge in [-0.2, -0.15) is 0 Å². The van der Waals surface area contributed by atoms with E-state index in [0.29, 0.717) is 13.0 Å². The molecule has 1 aromatic carbocycles. The molecule has 0 aromatic heterocycles. The highest BCUT2D eigenvalue weighted by molar-refractivity contribution is 9.10. The van der Waals surface area contributed by atoms with Crippen molar-refractivity contribution in [2.75, 3.05) is 6.61 Å². The van der Waals surface area contributed by atoms with E-state index in [1.807, 2.05) is 25.1 Å². The van der Waals surface area contributed by atoms with E-state index >= 15 is 0 Å². The van der Waals surface area contributed by atoms with E-state index in [-0.39, 0.29) is 6.42 Å². The predicted molar refractivity (Wildman–Crippen MR) is 61.3 cm³/mol. The van der Waals surface area contributed by atoms with Gasteiger partial charge in [-0.3, -0.25) is 4.79 Å². The Morgan fingerprint density at radius 3 is 2.80 bits per heavy atom. The first-order valence-corrected chi connectivity index (χ1v) is 5.55. The lowest BCUT2D eigenvalue weighted by atomic mass is 10.1. The van der Waals surface area contributed by atoms with Crippen LogP contribution >= 0.6 is 15.9 Å². The number of carboxylic acid groups (broad SMARTS) is 1. The lowest BCUT2D eigenvalue weighted by molar-refractivity contribution is -0.136. The molecule has 0 radical (unpaired) electrons. The zero-order valence-corrected chi connectivity index (χ0v) is 10.1. The van der Waals surface area contributed by atoms with Gasteiger partial charge in [0.2, 0.25) is 0 Å². The molecule has 4 heteroatoms. The summed E-state index contributed by atoms with van der Waals surface area (Å²) in [6.07, 6.45) is 0.664. The Kier molecular flexibility index (Phi) is 4.62. The van der Waals surface area contributed by atoms with Crippen LogP contribution < -0.4 is 4.74 Å². The summed E-state index contributed by atoms with van der Waals surface area (Å²) < 4.78 is 6.27. The fraction of sp³-hybridized carbons (Fsp3) is 0.364. The molecular formula is C11H13BrO3. The third-order valence-corrected chi connectivity index (χ3v) is 2.33. The van der Waals surface area contributed by atoms with Crippen LogP contribution in [-0.2, 0) is 11.2 Å². The average Bonchev–Trinajstić information content (AvgIpc) is 2.14. The van der Waals surface area contributed by atoms with Crippen LogP contribution in [0.3, 0.4) is 0 Å². The van der Waals surface area contributed by atoms with Crippen LogP contribution in [0.15, 0.2) is 22.7 Å². The van der Waals surface area contributed by atoms with Gasteiger partial charge in [0, 0.05) is 10.9 Å². The van der Waals surface area contributed by atoms with Crippen molar-refractivity contribution in [3.63, 3.8) is 0 Å². The summed E-state index contributed by atoms with van der Waals surface area (Å²) >= 11 is 3.36. The van der Waals surface area contributed by atoms with Gasteiger partial charge in [-0.15, -0.1) is 0 Å².